The van der Waals surface area contributed by atoms with E-state index in [1.54, 1.807) is 0 Å². The summed E-state index contributed by atoms with van der Waals surface area (Å²) in [5.74, 6) is 0. The monoisotopic (exact) mass is 257 g/mol. The van der Waals surface area contributed by atoms with Gasteiger partial charge in [0.05, 0.1) is 4.90 Å². The van der Waals surface area contributed by atoms with Crippen molar-refractivity contribution in [2.45, 2.75) is 10.4 Å². The predicted octanol–water partition coefficient (Wildman–Crippen LogP) is 2.24. The van der Waals surface area contributed by atoms with Gasteiger partial charge in [-0.15, -0.1) is 0 Å². The van der Waals surface area contributed by atoms with E-state index >= 15 is 0 Å². The molecule has 1 rings (SSSR count). The molecule has 0 saturated heterocycles. The zero-order valence-corrected chi connectivity index (χ0v) is 8.83. The molecule has 3 nitrogen and oxygen atoms in total. The highest BCUT2D eigenvalue weighted by Crippen LogP contribution is 2.30. The normalized spacial score (nSPS) is 12.5. The molecule has 0 aliphatic rings. The molecule has 0 radical (unpaired) electrons. The number of hydrogen-bond acceptors (Lipinski definition) is 4. The van der Waals surface area contributed by atoms with Crippen LogP contribution in [0.4, 0.5) is 18.9 Å². The summed E-state index contributed by atoms with van der Waals surface area (Å²) in [5, 5.41) is 0. The Morgan fingerprint density at radius 2 is 1.60 bits per heavy atom. The van der Waals surface area contributed by atoms with Crippen molar-refractivity contribution in [1.29, 1.82) is 0 Å². The number of halogens is 3. The summed E-state index contributed by atoms with van der Waals surface area (Å²) in [6.07, 6.45) is 0. The van der Waals surface area contributed by atoms with E-state index in [0.29, 0.717) is 5.69 Å². The Labute approximate surface area is 89.8 Å². The molecule has 0 aliphatic carbocycles. The fourth-order valence-electron chi connectivity index (χ4n) is 0.842. The van der Waals surface area contributed by atoms with E-state index < -0.39 is 20.2 Å². The van der Waals surface area contributed by atoms with Crippen LogP contribution >= 0.6 is 12.8 Å². The lowest BCUT2D eigenvalue weighted by Gasteiger charge is -2.08. The number of sulfone groups is 1. The van der Waals surface area contributed by atoms with Gasteiger partial charge in [-0.3, -0.25) is 0 Å². The van der Waals surface area contributed by atoms with Crippen LogP contribution in [0.2, 0.25) is 0 Å². The standard InChI is InChI=1S/C7H6F3NO2S2/c8-7(9,10)15(12,13)6-3-1-5(11-14)2-4-6/h1-4,11,14H. The largest absolute Gasteiger partial charge is 0.501 e. The van der Waals surface area contributed by atoms with E-state index in [9.17, 15) is 21.6 Å². The van der Waals surface area contributed by atoms with Gasteiger partial charge in [0.1, 0.15) is 0 Å². The van der Waals surface area contributed by atoms with Gasteiger partial charge in [0.15, 0.2) is 0 Å². The number of benzene rings is 1. The van der Waals surface area contributed by atoms with E-state index in [2.05, 4.69) is 17.5 Å². The third kappa shape index (κ3) is 2.37. The van der Waals surface area contributed by atoms with Gasteiger partial charge in [-0.1, -0.05) is 12.8 Å². The molecule has 0 amide bonds. The van der Waals surface area contributed by atoms with Crippen LogP contribution in [0, 0.1) is 0 Å². The van der Waals surface area contributed by atoms with Gasteiger partial charge >= 0.3 is 5.51 Å². The third-order valence-corrected chi connectivity index (χ3v) is 3.36. The second-order valence-corrected chi connectivity index (χ2v) is 4.75. The number of alkyl halides is 3. The summed E-state index contributed by atoms with van der Waals surface area (Å²) in [7, 11) is -5.25. The van der Waals surface area contributed by atoms with Crippen molar-refractivity contribution >= 4 is 28.3 Å². The molecule has 0 bridgehead atoms. The smallest absolute Gasteiger partial charge is 0.332 e. The highest BCUT2D eigenvalue weighted by Gasteiger charge is 2.46. The zero-order valence-electron chi connectivity index (χ0n) is 7.12. The highest BCUT2D eigenvalue weighted by molar-refractivity contribution is 7.92. The lowest BCUT2D eigenvalue weighted by molar-refractivity contribution is -0.0436. The van der Waals surface area contributed by atoms with Crippen molar-refractivity contribution in [3.63, 3.8) is 0 Å². The van der Waals surface area contributed by atoms with Crippen LogP contribution in [0.15, 0.2) is 29.2 Å². The van der Waals surface area contributed by atoms with E-state index in [0.717, 1.165) is 12.1 Å². The fraction of sp³-hybridized carbons (Fsp3) is 0.143. The van der Waals surface area contributed by atoms with Crippen molar-refractivity contribution in [3.8, 4) is 0 Å². The third-order valence-electron chi connectivity index (χ3n) is 1.60. The van der Waals surface area contributed by atoms with Gasteiger partial charge < -0.3 is 4.72 Å². The first-order chi connectivity index (χ1) is 6.79. The number of nitrogens with one attached hydrogen (secondary N) is 1. The zero-order chi connectivity index (χ0) is 11.7. The Hall–Kier alpha value is -0.890. The molecule has 8 heteroatoms. The molecule has 0 heterocycles. The van der Waals surface area contributed by atoms with Gasteiger partial charge in [-0.25, -0.2) is 8.42 Å². The van der Waals surface area contributed by atoms with E-state index in [1.165, 1.54) is 12.1 Å². The molecule has 0 aliphatic heterocycles. The van der Waals surface area contributed by atoms with Crippen molar-refractivity contribution in [3.05, 3.63) is 24.3 Å². The highest BCUT2D eigenvalue weighted by atomic mass is 32.2. The molecule has 0 saturated carbocycles. The maximum atomic E-state index is 12.1. The van der Waals surface area contributed by atoms with Crippen molar-refractivity contribution < 1.29 is 21.6 Å². The topological polar surface area (TPSA) is 46.2 Å². The van der Waals surface area contributed by atoms with E-state index in [4.69, 9.17) is 0 Å². The van der Waals surface area contributed by atoms with Crippen molar-refractivity contribution in [2.24, 2.45) is 0 Å². The van der Waals surface area contributed by atoms with Crippen LogP contribution in [0.5, 0.6) is 0 Å². The summed E-state index contributed by atoms with van der Waals surface area (Å²) in [6, 6.07) is 4.10. The molecule has 0 aromatic heterocycles. The number of hydrogen-bond donors (Lipinski definition) is 2. The molecule has 1 aromatic carbocycles. The summed E-state index contributed by atoms with van der Waals surface area (Å²) in [6.45, 7) is 0. The Kier molecular flexibility index (Phi) is 3.19. The first-order valence-electron chi connectivity index (χ1n) is 3.60. The van der Waals surface area contributed by atoms with Gasteiger partial charge in [-0.05, 0) is 24.3 Å². The summed E-state index contributed by atoms with van der Waals surface area (Å²) >= 11 is 3.65. The second-order valence-electron chi connectivity index (χ2n) is 2.59. The molecule has 0 spiro atoms. The average Bonchev–Trinajstić information content (AvgIpc) is 2.16. The van der Waals surface area contributed by atoms with Crippen LogP contribution in [0.25, 0.3) is 0 Å². The van der Waals surface area contributed by atoms with Crippen molar-refractivity contribution in [2.75, 3.05) is 4.72 Å². The predicted molar refractivity (Wildman–Crippen MR) is 52.3 cm³/mol. The lowest BCUT2D eigenvalue weighted by Crippen LogP contribution is -2.23. The van der Waals surface area contributed by atoms with Gasteiger partial charge in [-0.2, -0.15) is 13.2 Å². The molecule has 1 N–H and O–H groups in total. The maximum Gasteiger partial charge on any atom is 0.501 e. The minimum atomic E-state index is -5.27. The fourth-order valence-corrected chi connectivity index (χ4v) is 1.75. The van der Waals surface area contributed by atoms with E-state index in [-0.39, 0.29) is 0 Å². The average molecular weight is 257 g/mol. The summed E-state index contributed by atoms with van der Waals surface area (Å²) in [4.78, 5) is -0.790. The first kappa shape index (κ1) is 12.2. The molecule has 0 atom stereocenters. The van der Waals surface area contributed by atoms with Crippen LogP contribution in [0.3, 0.4) is 0 Å². The lowest BCUT2D eigenvalue weighted by atomic mass is 10.3. The minimum absolute atomic E-state index is 0.402. The Morgan fingerprint density at radius 3 is 1.93 bits per heavy atom. The first-order valence-corrected chi connectivity index (χ1v) is 5.53. The van der Waals surface area contributed by atoms with Crippen molar-refractivity contribution in [1.82, 2.24) is 0 Å². The molecule has 84 valence electrons. The van der Waals surface area contributed by atoms with Gasteiger partial charge in [0.2, 0.25) is 0 Å². The van der Waals surface area contributed by atoms with Gasteiger partial charge in [0.25, 0.3) is 9.84 Å². The second kappa shape index (κ2) is 3.93. The SMILES string of the molecule is O=S(=O)(c1ccc(NS)cc1)C(F)(F)F. The van der Waals surface area contributed by atoms with Crippen LogP contribution in [0.1, 0.15) is 0 Å². The summed E-state index contributed by atoms with van der Waals surface area (Å²) in [5.41, 5.74) is -4.87. The molecule has 1 aromatic rings. The molecule has 15 heavy (non-hydrogen) atoms. The molecule has 0 unspecified atom stereocenters. The van der Waals surface area contributed by atoms with Crippen LogP contribution in [-0.4, -0.2) is 13.9 Å². The Morgan fingerprint density at radius 1 is 1.13 bits per heavy atom. The number of thiol groups is 1. The molecular weight excluding hydrogens is 251 g/mol. The quantitative estimate of drug-likeness (QED) is 0.799. The van der Waals surface area contributed by atoms with Crippen LogP contribution in [-0.2, 0) is 9.84 Å². The maximum absolute atomic E-state index is 12.1. The Bertz CT molecular complexity index is 438. The molecular formula is C7H6F3NO2S2. The van der Waals surface area contributed by atoms with Crippen LogP contribution < -0.4 is 4.72 Å². The number of anilines is 1. The van der Waals surface area contributed by atoms with E-state index in [1.807, 2.05) is 0 Å². The van der Waals surface area contributed by atoms with Gasteiger partial charge in [0, 0.05) is 5.69 Å². The minimum Gasteiger partial charge on any atom is -0.332 e. The Balaban J connectivity index is 3.18. The number of rotatable bonds is 2. The summed E-state index contributed by atoms with van der Waals surface area (Å²) < 4.78 is 60.4. The molecule has 0 fully saturated rings.